The van der Waals surface area contributed by atoms with Crippen molar-refractivity contribution in [3.05, 3.63) is 0 Å². The molecule has 0 N–H and O–H groups in total. The van der Waals surface area contributed by atoms with E-state index in [4.69, 9.17) is 4.74 Å². The lowest BCUT2D eigenvalue weighted by Crippen LogP contribution is -2.53. The van der Waals surface area contributed by atoms with Crippen molar-refractivity contribution in [1.82, 2.24) is 0 Å². The van der Waals surface area contributed by atoms with Gasteiger partial charge in [-0.3, -0.25) is 0 Å². The first kappa shape index (κ1) is 14.5. The molecule has 0 heterocycles. The highest BCUT2D eigenvalue weighted by molar-refractivity contribution is 5.07. The van der Waals surface area contributed by atoms with Crippen molar-refractivity contribution in [2.24, 2.45) is 34.5 Å². The highest BCUT2D eigenvalue weighted by atomic mass is 16.5. The van der Waals surface area contributed by atoms with Gasteiger partial charge in [-0.05, 0) is 92.3 Å². The molecule has 4 rings (SSSR count). The molecule has 0 bridgehead atoms. The van der Waals surface area contributed by atoms with Crippen LogP contribution in [-0.2, 0) is 4.74 Å². The molecule has 4 aliphatic carbocycles. The molecule has 0 aliphatic heterocycles. The Morgan fingerprint density at radius 1 is 0.857 bits per heavy atom. The molecule has 0 aromatic heterocycles. The van der Waals surface area contributed by atoms with Crippen molar-refractivity contribution in [1.29, 1.82) is 0 Å². The van der Waals surface area contributed by atoms with E-state index < -0.39 is 0 Å². The second kappa shape index (κ2) is 4.98. The van der Waals surface area contributed by atoms with E-state index in [1.807, 2.05) is 7.11 Å². The molecule has 0 amide bonds. The number of hydrogen-bond donors (Lipinski definition) is 0. The lowest BCUT2D eigenvalue weighted by molar-refractivity contribution is -0.130. The summed E-state index contributed by atoms with van der Waals surface area (Å²) in [5.41, 5.74) is 1.30. The molecule has 0 aromatic carbocycles. The zero-order valence-corrected chi connectivity index (χ0v) is 14.4. The predicted molar refractivity (Wildman–Crippen MR) is 87.1 cm³/mol. The molecular weight excluding hydrogens is 256 g/mol. The molecule has 4 fully saturated rings. The summed E-state index contributed by atoms with van der Waals surface area (Å²) in [4.78, 5) is 0. The zero-order chi connectivity index (χ0) is 14.7. The zero-order valence-electron chi connectivity index (χ0n) is 14.4. The lowest BCUT2D eigenvalue weighted by atomic mass is 9.45. The van der Waals surface area contributed by atoms with Gasteiger partial charge in [-0.1, -0.05) is 20.3 Å². The molecule has 0 saturated heterocycles. The van der Waals surface area contributed by atoms with Crippen LogP contribution in [-0.4, -0.2) is 13.2 Å². The van der Waals surface area contributed by atoms with E-state index in [-0.39, 0.29) is 0 Å². The molecule has 4 saturated carbocycles. The van der Waals surface area contributed by atoms with Crippen molar-refractivity contribution in [3.8, 4) is 0 Å². The van der Waals surface area contributed by atoms with Gasteiger partial charge in [0.2, 0.25) is 0 Å². The minimum absolute atomic E-state index is 0.543. The van der Waals surface area contributed by atoms with Crippen LogP contribution in [0.3, 0.4) is 0 Å². The fraction of sp³-hybridized carbons (Fsp3) is 1.00. The summed E-state index contributed by atoms with van der Waals surface area (Å²) in [6, 6.07) is 0. The minimum atomic E-state index is 0.543. The molecular formula is C20H34O. The van der Waals surface area contributed by atoms with Crippen molar-refractivity contribution in [2.45, 2.75) is 84.2 Å². The largest absolute Gasteiger partial charge is 0.381 e. The normalized spacial score (nSPS) is 56.4. The third-order valence-corrected chi connectivity index (χ3v) is 8.68. The number of fused-ring (bicyclic) bond motifs is 5. The summed E-state index contributed by atoms with van der Waals surface area (Å²) in [5.74, 6) is 4.10. The second-order valence-electron chi connectivity index (χ2n) is 9.38. The molecule has 21 heavy (non-hydrogen) atoms. The molecule has 7 atom stereocenters. The molecule has 0 radical (unpaired) electrons. The standard InChI is InChI=1S/C20H34O/c1-19-11-4-5-17(19)16-9-7-14-6-8-15(21-3)13-20(14,2)18(16)10-12-19/h14-18H,4-13H2,1-3H3. The Morgan fingerprint density at radius 3 is 2.48 bits per heavy atom. The Hall–Kier alpha value is -0.0400. The second-order valence-corrected chi connectivity index (χ2v) is 9.38. The summed E-state index contributed by atoms with van der Waals surface area (Å²) >= 11 is 0. The highest BCUT2D eigenvalue weighted by Gasteiger charge is 2.57. The van der Waals surface area contributed by atoms with Crippen molar-refractivity contribution < 1.29 is 4.74 Å². The molecule has 4 aliphatic rings. The summed E-state index contributed by atoms with van der Waals surface area (Å²) < 4.78 is 5.79. The quantitative estimate of drug-likeness (QED) is 0.625. The third kappa shape index (κ3) is 2.06. The molecule has 0 aromatic rings. The average Bonchev–Trinajstić information content (AvgIpc) is 2.87. The Labute approximate surface area is 131 Å². The smallest absolute Gasteiger partial charge is 0.0576 e. The summed E-state index contributed by atoms with van der Waals surface area (Å²) in [5, 5.41) is 0. The monoisotopic (exact) mass is 290 g/mol. The first-order chi connectivity index (χ1) is 10.1. The van der Waals surface area contributed by atoms with Crippen molar-refractivity contribution >= 4 is 0 Å². The van der Waals surface area contributed by atoms with Crippen LogP contribution < -0.4 is 0 Å². The van der Waals surface area contributed by atoms with Crippen LogP contribution in [0.2, 0.25) is 0 Å². The predicted octanol–water partition coefficient (Wildman–Crippen LogP) is 5.43. The Balaban J connectivity index is 1.62. The Bertz CT molecular complexity index is 405. The number of rotatable bonds is 1. The topological polar surface area (TPSA) is 9.23 Å². The number of methoxy groups -OCH3 is 1. The van der Waals surface area contributed by atoms with Gasteiger partial charge in [-0.15, -0.1) is 0 Å². The first-order valence-corrected chi connectivity index (χ1v) is 9.60. The fourth-order valence-corrected chi connectivity index (χ4v) is 7.50. The van der Waals surface area contributed by atoms with E-state index in [1.54, 1.807) is 6.42 Å². The summed E-state index contributed by atoms with van der Waals surface area (Å²) in [7, 11) is 1.93. The molecule has 1 nitrogen and oxygen atoms in total. The van der Waals surface area contributed by atoms with Crippen molar-refractivity contribution in [2.75, 3.05) is 7.11 Å². The van der Waals surface area contributed by atoms with Gasteiger partial charge in [0.05, 0.1) is 6.10 Å². The number of hydrogen-bond acceptors (Lipinski definition) is 1. The molecule has 1 heteroatoms. The highest BCUT2D eigenvalue weighted by Crippen LogP contribution is 2.66. The average molecular weight is 290 g/mol. The van der Waals surface area contributed by atoms with Crippen LogP contribution in [0.1, 0.15) is 78.1 Å². The van der Waals surface area contributed by atoms with Crippen LogP contribution in [0.25, 0.3) is 0 Å². The van der Waals surface area contributed by atoms with E-state index in [1.165, 1.54) is 57.8 Å². The number of ether oxygens (including phenoxy) is 1. The van der Waals surface area contributed by atoms with Gasteiger partial charge in [0, 0.05) is 7.11 Å². The van der Waals surface area contributed by atoms with Crippen LogP contribution in [0, 0.1) is 34.5 Å². The van der Waals surface area contributed by atoms with Gasteiger partial charge in [-0.25, -0.2) is 0 Å². The minimum Gasteiger partial charge on any atom is -0.381 e. The maximum atomic E-state index is 5.79. The van der Waals surface area contributed by atoms with Gasteiger partial charge in [0.15, 0.2) is 0 Å². The molecule has 7 unspecified atom stereocenters. The fourth-order valence-electron chi connectivity index (χ4n) is 7.50. The van der Waals surface area contributed by atoms with Crippen LogP contribution >= 0.6 is 0 Å². The summed E-state index contributed by atoms with van der Waals surface area (Å²) in [6.45, 7) is 5.27. The first-order valence-electron chi connectivity index (χ1n) is 9.60. The Kier molecular flexibility index (Phi) is 3.45. The van der Waals surface area contributed by atoms with E-state index in [0.29, 0.717) is 16.9 Å². The van der Waals surface area contributed by atoms with Crippen LogP contribution in [0.5, 0.6) is 0 Å². The van der Waals surface area contributed by atoms with Gasteiger partial charge < -0.3 is 4.74 Å². The van der Waals surface area contributed by atoms with Gasteiger partial charge >= 0.3 is 0 Å². The van der Waals surface area contributed by atoms with Gasteiger partial charge in [0.25, 0.3) is 0 Å². The van der Waals surface area contributed by atoms with E-state index >= 15 is 0 Å². The van der Waals surface area contributed by atoms with Gasteiger partial charge in [-0.2, -0.15) is 0 Å². The van der Waals surface area contributed by atoms with E-state index in [0.717, 1.165) is 23.7 Å². The van der Waals surface area contributed by atoms with E-state index in [2.05, 4.69) is 13.8 Å². The summed E-state index contributed by atoms with van der Waals surface area (Å²) in [6.07, 6.45) is 15.3. The maximum absolute atomic E-state index is 5.79. The molecule has 0 spiro atoms. The maximum Gasteiger partial charge on any atom is 0.0576 e. The van der Waals surface area contributed by atoms with E-state index in [9.17, 15) is 0 Å². The van der Waals surface area contributed by atoms with Crippen LogP contribution in [0.4, 0.5) is 0 Å². The SMILES string of the molecule is COC1CCC2CCC3C4CCCC4(C)CCC3C2(C)C1. The molecule has 120 valence electrons. The Morgan fingerprint density at radius 2 is 1.67 bits per heavy atom. The van der Waals surface area contributed by atoms with Gasteiger partial charge in [0.1, 0.15) is 0 Å². The van der Waals surface area contributed by atoms with Crippen LogP contribution in [0.15, 0.2) is 0 Å². The third-order valence-electron chi connectivity index (χ3n) is 8.68. The van der Waals surface area contributed by atoms with Crippen molar-refractivity contribution in [3.63, 3.8) is 0 Å². The lowest BCUT2D eigenvalue weighted by Gasteiger charge is -2.60.